The molecule has 0 aliphatic carbocycles. The Hall–Kier alpha value is -2.63. The molecule has 0 spiro atoms. The lowest BCUT2D eigenvalue weighted by Crippen LogP contribution is -2.08. The van der Waals surface area contributed by atoms with Crippen LogP contribution in [0.5, 0.6) is 0 Å². The molecular weight excluding hydrogens is 248 g/mol. The average Bonchev–Trinajstić information content (AvgIpc) is 2.76. The average molecular weight is 260 g/mol. The number of carboxylic acids is 1. The molecule has 0 amide bonds. The van der Waals surface area contributed by atoms with Gasteiger partial charge in [0.05, 0.1) is 11.1 Å². The number of benzene rings is 1. The molecule has 0 saturated heterocycles. The molecule has 1 aromatic heterocycles. The van der Waals surface area contributed by atoms with Gasteiger partial charge in [0.2, 0.25) is 0 Å². The van der Waals surface area contributed by atoms with Gasteiger partial charge in [0.1, 0.15) is 5.69 Å². The third-order valence-corrected chi connectivity index (χ3v) is 2.79. The van der Waals surface area contributed by atoms with Crippen molar-refractivity contribution in [2.45, 2.75) is 13.5 Å². The number of aromatic carboxylic acids is 1. The van der Waals surface area contributed by atoms with Crippen LogP contribution in [0.3, 0.4) is 0 Å². The van der Waals surface area contributed by atoms with Gasteiger partial charge < -0.3 is 9.67 Å². The van der Waals surface area contributed by atoms with Crippen molar-refractivity contribution in [1.82, 2.24) is 4.57 Å². The van der Waals surface area contributed by atoms with E-state index in [-0.39, 0.29) is 17.9 Å². The smallest absolute Gasteiger partial charge is 0.352 e. The summed E-state index contributed by atoms with van der Waals surface area (Å²) in [7, 11) is 0. The van der Waals surface area contributed by atoms with Crippen molar-refractivity contribution in [2.24, 2.45) is 0 Å². The molecule has 98 valence electrons. The Morgan fingerprint density at radius 1 is 1.37 bits per heavy atom. The molecule has 0 unspecified atom stereocenters. The van der Waals surface area contributed by atoms with E-state index in [0.717, 1.165) is 17.2 Å². The first kappa shape index (κ1) is 12.8. The lowest BCUT2D eigenvalue weighted by molar-refractivity contribution is -0.384. The number of aryl methyl sites for hydroxylation is 1. The number of hydrogen-bond acceptors (Lipinski definition) is 3. The Labute approximate surface area is 109 Å². The number of nitro groups is 1. The maximum Gasteiger partial charge on any atom is 0.352 e. The van der Waals surface area contributed by atoms with Crippen LogP contribution in [0.2, 0.25) is 0 Å². The molecule has 0 aliphatic rings. The van der Waals surface area contributed by atoms with Crippen LogP contribution in [-0.2, 0) is 6.54 Å². The van der Waals surface area contributed by atoms with Crippen molar-refractivity contribution < 1.29 is 14.8 Å². The molecule has 0 aliphatic heterocycles. The highest BCUT2D eigenvalue weighted by Crippen LogP contribution is 2.18. The van der Waals surface area contributed by atoms with Crippen LogP contribution in [0.1, 0.15) is 21.6 Å². The second kappa shape index (κ2) is 4.93. The first-order chi connectivity index (χ1) is 8.97. The Bertz CT molecular complexity index is 629. The van der Waals surface area contributed by atoms with Crippen LogP contribution in [-0.4, -0.2) is 20.6 Å². The second-order valence-electron chi connectivity index (χ2n) is 4.26. The van der Waals surface area contributed by atoms with Gasteiger partial charge in [-0.05, 0) is 12.5 Å². The van der Waals surface area contributed by atoms with Gasteiger partial charge in [-0.15, -0.1) is 0 Å². The largest absolute Gasteiger partial charge is 0.477 e. The molecule has 0 fully saturated rings. The summed E-state index contributed by atoms with van der Waals surface area (Å²) in [6.07, 6.45) is 1.24. The van der Waals surface area contributed by atoms with E-state index in [1.165, 1.54) is 10.8 Å². The minimum Gasteiger partial charge on any atom is -0.477 e. The van der Waals surface area contributed by atoms with Gasteiger partial charge in [-0.25, -0.2) is 4.79 Å². The monoisotopic (exact) mass is 260 g/mol. The highest BCUT2D eigenvalue weighted by molar-refractivity contribution is 5.87. The lowest BCUT2D eigenvalue weighted by atomic mass is 10.1. The minimum absolute atomic E-state index is 0.0905. The number of rotatable bonds is 4. The Morgan fingerprint density at radius 2 is 2.00 bits per heavy atom. The molecule has 0 bridgehead atoms. The zero-order valence-electron chi connectivity index (χ0n) is 10.2. The van der Waals surface area contributed by atoms with E-state index in [0.29, 0.717) is 0 Å². The molecule has 1 N–H and O–H groups in total. The second-order valence-corrected chi connectivity index (χ2v) is 4.26. The van der Waals surface area contributed by atoms with Crippen molar-refractivity contribution in [3.05, 3.63) is 63.5 Å². The number of hydrogen-bond donors (Lipinski definition) is 1. The predicted molar refractivity (Wildman–Crippen MR) is 68.3 cm³/mol. The Kier molecular flexibility index (Phi) is 3.33. The van der Waals surface area contributed by atoms with E-state index in [9.17, 15) is 14.9 Å². The fourth-order valence-corrected chi connectivity index (χ4v) is 1.79. The van der Waals surface area contributed by atoms with Crippen molar-refractivity contribution >= 4 is 11.7 Å². The minimum atomic E-state index is -1.18. The van der Waals surface area contributed by atoms with E-state index in [2.05, 4.69) is 0 Å². The zero-order valence-corrected chi connectivity index (χ0v) is 10.2. The summed E-state index contributed by atoms with van der Waals surface area (Å²) in [5, 5.41) is 19.7. The van der Waals surface area contributed by atoms with Gasteiger partial charge >= 0.3 is 5.97 Å². The standard InChI is InChI=1S/C13H12N2O4/c1-9-2-4-10(5-3-9)7-14-8-11(15(18)19)6-12(14)13(16)17/h2-6,8H,7H2,1H3,(H,16,17). The summed E-state index contributed by atoms with van der Waals surface area (Å²) in [5.74, 6) is -1.18. The van der Waals surface area contributed by atoms with E-state index in [4.69, 9.17) is 5.11 Å². The molecule has 1 heterocycles. The molecule has 1 aromatic carbocycles. The van der Waals surface area contributed by atoms with Gasteiger partial charge in [-0.2, -0.15) is 0 Å². The molecule has 0 radical (unpaired) electrons. The van der Waals surface area contributed by atoms with E-state index in [1.54, 1.807) is 0 Å². The predicted octanol–water partition coefficient (Wildman–Crippen LogP) is 2.45. The van der Waals surface area contributed by atoms with Crippen LogP contribution in [0.15, 0.2) is 36.5 Å². The number of carbonyl (C=O) groups is 1. The molecule has 0 saturated carbocycles. The summed E-state index contributed by atoms with van der Waals surface area (Å²) < 4.78 is 1.37. The lowest BCUT2D eigenvalue weighted by Gasteiger charge is -2.06. The summed E-state index contributed by atoms with van der Waals surface area (Å²) in [4.78, 5) is 21.1. The highest BCUT2D eigenvalue weighted by atomic mass is 16.6. The van der Waals surface area contributed by atoms with Gasteiger partial charge in [-0.3, -0.25) is 10.1 Å². The third-order valence-electron chi connectivity index (χ3n) is 2.79. The first-order valence-electron chi connectivity index (χ1n) is 5.61. The number of carboxylic acid groups (broad SMARTS) is 1. The van der Waals surface area contributed by atoms with E-state index >= 15 is 0 Å². The van der Waals surface area contributed by atoms with Crippen LogP contribution in [0.4, 0.5) is 5.69 Å². The van der Waals surface area contributed by atoms with Crippen LogP contribution in [0.25, 0.3) is 0 Å². The third kappa shape index (κ3) is 2.79. The fourth-order valence-electron chi connectivity index (χ4n) is 1.79. The SMILES string of the molecule is Cc1ccc(Cn2cc([N+](=O)[O-])cc2C(=O)O)cc1. The zero-order chi connectivity index (χ0) is 14.0. The highest BCUT2D eigenvalue weighted by Gasteiger charge is 2.18. The summed E-state index contributed by atoms with van der Waals surface area (Å²) in [6, 6.07) is 8.62. The van der Waals surface area contributed by atoms with Crippen molar-refractivity contribution in [3.63, 3.8) is 0 Å². The number of aromatic nitrogens is 1. The quantitative estimate of drug-likeness (QED) is 0.675. The van der Waals surface area contributed by atoms with Crippen molar-refractivity contribution in [1.29, 1.82) is 0 Å². The molecular formula is C13H12N2O4. The summed E-state index contributed by atoms with van der Waals surface area (Å²) in [6.45, 7) is 2.24. The van der Waals surface area contributed by atoms with Gasteiger partial charge in [0, 0.05) is 12.6 Å². The number of nitrogens with zero attached hydrogens (tertiary/aromatic N) is 2. The maximum atomic E-state index is 11.1. The van der Waals surface area contributed by atoms with E-state index < -0.39 is 10.9 Å². The van der Waals surface area contributed by atoms with Gasteiger partial charge in [-0.1, -0.05) is 29.8 Å². The Balaban J connectivity index is 2.35. The van der Waals surface area contributed by atoms with E-state index in [1.807, 2.05) is 31.2 Å². The molecule has 2 aromatic rings. The van der Waals surface area contributed by atoms with Crippen molar-refractivity contribution in [2.75, 3.05) is 0 Å². The fraction of sp³-hybridized carbons (Fsp3) is 0.154. The van der Waals surface area contributed by atoms with Crippen LogP contribution >= 0.6 is 0 Å². The molecule has 2 rings (SSSR count). The normalized spacial score (nSPS) is 10.4. The van der Waals surface area contributed by atoms with Gasteiger partial charge in [0.15, 0.2) is 0 Å². The molecule has 0 atom stereocenters. The van der Waals surface area contributed by atoms with Crippen LogP contribution < -0.4 is 0 Å². The summed E-state index contributed by atoms with van der Waals surface area (Å²) >= 11 is 0. The Morgan fingerprint density at radius 3 is 2.53 bits per heavy atom. The van der Waals surface area contributed by atoms with Crippen LogP contribution in [0, 0.1) is 17.0 Å². The topological polar surface area (TPSA) is 85.4 Å². The maximum absolute atomic E-state index is 11.1. The molecule has 6 nitrogen and oxygen atoms in total. The molecule has 19 heavy (non-hydrogen) atoms. The first-order valence-corrected chi connectivity index (χ1v) is 5.61. The summed E-state index contributed by atoms with van der Waals surface area (Å²) in [5.41, 5.74) is 1.68. The molecule has 6 heteroatoms. The van der Waals surface area contributed by atoms with Gasteiger partial charge in [0.25, 0.3) is 5.69 Å². The van der Waals surface area contributed by atoms with Crippen molar-refractivity contribution in [3.8, 4) is 0 Å².